The monoisotopic (exact) mass is 471 g/mol. The molecule has 10 nitrogen and oxygen atoms in total. The van der Waals surface area contributed by atoms with E-state index in [1.807, 2.05) is 0 Å². The number of anilines is 1. The van der Waals surface area contributed by atoms with Crippen LogP contribution < -0.4 is 24.3 Å². The van der Waals surface area contributed by atoms with Gasteiger partial charge in [-0.15, -0.1) is 10.2 Å². The summed E-state index contributed by atoms with van der Waals surface area (Å²) >= 11 is 1.13. The van der Waals surface area contributed by atoms with Crippen LogP contribution in [0.25, 0.3) is 11.5 Å². The van der Waals surface area contributed by atoms with Gasteiger partial charge in [-0.05, 0) is 37.3 Å². The Morgan fingerprint density at radius 3 is 2.48 bits per heavy atom. The van der Waals surface area contributed by atoms with Gasteiger partial charge in [-0.1, -0.05) is 11.8 Å². The van der Waals surface area contributed by atoms with Crippen LogP contribution in [0.5, 0.6) is 23.0 Å². The van der Waals surface area contributed by atoms with E-state index >= 15 is 0 Å². The zero-order valence-electron chi connectivity index (χ0n) is 18.3. The minimum absolute atomic E-state index is 0.0437. The maximum absolute atomic E-state index is 12.9. The van der Waals surface area contributed by atoms with Crippen molar-refractivity contribution in [2.45, 2.75) is 17.4 Å². The predicted molar refractivity (Wildman–Crippen MR) is 120 cm³/mol. The van der Waals surface area contributed by atoms with E-state index in [1.165, 1.54) is 21.3 Å². The quantitative estimate of drug-likeness (QED) is 0.386. The second-order valence-electron chi connectivity index (χ2n) is 6.96. The lowest BCUT2D eigenvalue weighted by Gasteiger charge is -2.18. The molecule has 1 aliphatic rings. The van der Waals surface area contributed by atoms with Crippen molar-refractivity contribution in [2.75, 3.05) is 33.3 Å². The molecule has 4 rings (SSSR count). The van der Waals surface area contributed by atoms with Crippen molar-refractivity contribution in [2.24, 2.45) is 0 Å². The molecule has 1 unspecified atom stereocenters. The van der Waals surface area contributed by atoms with Gasteiger partial charge in [0.1, 0.15) is 5.75 Å². The minimum atomic E-state index is -0.517. The number of hydrogen-bond acceptors (Lipinski definition) is 10. The second kappa shape index (κ2) is 9.41. The Morgan fingerprint density at radius 2 is 1.82 bits per heavy atom. The SMILES string of the molecule is COc1cc(-c2nnc(SC(C)C(=O)c3ccc4c(c3)NC(=O)CO4)o2)cc(OC)c1OC. The summed E-state index contributed by atoms with van der Waals surface area (Å²) in [6.45, 7) is 1.70. The Morgan fingerprint density at radius 1 is 1.09 bits per heavy atom. The molecule has 0 fully saturated rings. The molecule has 1 aromatic heterocycles. The number of amides is 1. The highest BCUT2D eigenvalue weighted by molar-refractivity contribution is 8.00. The third kappa shape index (κ3) is 4.58. The molecule has 0 spiro atoms. The lowest BCUT2D eigenvalue weighted by atomic mass is 10.1. The van der Waals surface area contributed by atoms with Crippen LogP contribution in [0.1, 0.15) is 17.3 Å². The Kier molecular flexibility index (Phi) is 6.40. The number of carbonyl (C=O) groups is 2. The number of ether oxygens (including phenoxy) is 4. The first-order valence-corrected chi connectivity index (χ1v) is 10.7. The summed E-state index contributed by atoms with van der Waals surface area (Å²) in [6.07, 6.45) is 0. The fourth-order valence-electron chi connectivity index (χ4n) is 3.25. The van der Waals surface area contributed by atoms with E-state index in [-0.39, 0.29) is 29.4 Å². The molecular formula is C22H21N3O7S. The van der Waals surface area contributed by atoms with Gasteiger partial charge in [0.25, 0.3) is 11.1 Å². The van der Waals surface area contributed by atoms with Gasteiger partial charge in [0.2, 0.25) is 11.6 Å². The number of Topliss-reactive ketones (excluding diaryl/α,β-unsaturated/α-hetero) is 1. The summed E-state index contributed by atoms with van der Waals surface area (Å²) in [7, 11) is 4.55. The van der Waals surface area contributed by atoms with E-state index < -0.39 is 5.25 Å². The average molecular weight is 471 g/mol. The number of methoxy groups -OCH3 is 3. The third-order valence-electron chi connectivity index (χ3n) is 4.86. The normalized spacial score (nSPS) is 13.4. The molecule has 172 valence electrons. The van der Waals surface area contributed by atoms with Crippen LogP contribution in [0, 0.1) is 0 Å². The molecule has 0 saturated heterocycles. The first-order valence-electron chi connectivity index (χ1n) is 9.85. The Balaban J connectivity index is 1.51. The fourth-order valence-corrected chi connectivity index (χ4v) is 4.02. The molecular weight excluding hydrogens is 450 g/mol. The van der Waals surface area contributed by atoms with E-state index in [0.717, 1.165) is 11.8 Å². The fraction of sp³-hybridized carbons (Fsp3) is 0.273. The Bertz CT molecular complexity index is 1190. The number of carbonyl (C=O) groups excluding carboxylic acids is 2. The largest absolute Gasteiger partial charge is 0.493 e. The average Bonchev–Trinajstić information content (AvgIpc) is 3.30. The van der Waals surface area contributed by atoms with E-state index in [2.05, 4.69) is 15.5 Å². The highest BCUT2D eigenvalue weighted by Gasteiger charge is 2.24. The molecule has 0 aliphatic carbocycles. The lowest BCUT2D eigenvalue weighted by Crippen LogP contribution is -2.25. The number of aromatic nitrogens is 2. The van der Waals surface area contributed by atoms with Crippen LogP contribution in [-0.4, -0.2) is 55.1 Å². The summed E-state index contributed by atoms with van der Waals surface area (Å²) in [4.78, 5) is 24.5. The zero-order chi connectivity index (χ0) is 23.5. The molecule has 2 heterocycles. The molecule has 2 aromatic carbocycles. The molecule has 11 heteroatoms. The number of thioether (sulfide) groups is 1. The van der Waals surface area contributed by atoms with E-state index in [0.29, 0.717) is 39.8 Å². The smallest absolute Gasteiger partial charge is 0.277 e. The Hall–Kier alpha value is -3.73. The van der Waals surface area contributed by atoms with Crippen molar-refractivity contribution in [3.63, 3.8) is 0 Å². The van der Waals surface area contributed by atoms with Crippen LogP contribution in [0.15, 0.2) is 40.0 Å². The molecule has 0 radical (unpaired) electrons. The number of fused-ring (bicyclic) bond motifs is 1. The molecule has 1 atom stereocenters. The summed E-state index contributed by atoms with van der Waals surface area (Å²) in [5.74, 6) is 1.69. The maximum atomic E-state index is 12.9. The second-order valence-corrected chi connectivity index (χ2v) is 8.25. The van der Waals surface area contributed by atoms with Gasteiger partial charge in [-0.25, -0.2) is 0 Å². The number of rotatable bonds is 8. The van der Waals surface area contributed by atoms with Crippen LogP contribution in [0.2, 0.25) is 0 Å². The Labute approximate surface area is 193 Å². The van der Waals surface area contributed by atoms with Crippen LogP contribution >= 0.6 is 11.8 Å². The summed E-state index contributed by atoms with van der Waals surface area (Å²) in [5, 5.41) is 10.5. The third-order valence-corrected chi connectivity index (χ3v) is 5.80. The summed E-state index contributed by atoms with van der Waals surface area (Å²) in [6, 6.07) is 8.31. The molecule has 1 N–H and O–H groups in total. The van der Waals surface area contributed by atoms with Crippen molar-refractivity contribution >= 4 is 29.1 Å². The molecule has 33 heavy (non-hydrogen) atoms. The lowest BCUT2D eigenvalue weighted by molar-refractivity contribution is -0.118. The molecule has 3 aromatic rings. The number of nitrogens with zero attached hydrogens (tertiary/aromatic N) is 2. The molecule has 1 aliphatic heterocycles. The molecule has 0 saturated carbocycles. The van der Waals surface area contributed by atoms with Crippen molar-refractivity contribution in [3.05, 3.63) is 35.9 Å². The van der Waals surface area contributed by atoms with Gasteiger partial charge in [-0.2, -0.15) is 0 Å². The standard InChI is InChI=1S/C22H21N3O7S/c1-11(19(27)12-5-6-15-14(7-12)23-18(26)10-31-15)33-22-25-24-21(32-22)13-8-16(28-2)20(30-4)17(9-13)29-3/h5-9,11H,10H2,1-4H3,(H,23,26). The minimum Gasteiger partial charge on any atom is -0.493 e. The topological polar surface area (TPSA) is 122 Å². The first-order chi connectivity index (χ1) is 15.9. The molecule has 1 amide bonds. The van der Waals surface area contributed by atoms with E-state index in [4.69, 9.17) is 23.4 Å². The molecule has 0 bridgehead atoms. The highest BCUT2D eigenvalue weighted by atomic mass is 32.2. The van der Waals surface area contributed by atoms with Gasteiger partial charge >= 0.3 is 0 Å². The summed E-state index contributed by atoms with van der Waals surface area (Å²) < 4.78 is 27.1. The number of hydrogen-bond donors (Lipinski definition) is 1. The highest BCUT2D eigenvalue weighted by Crippen LogP contribution is 2.41. The van der Waals surface area contributed by atoms with Crippen molar-refractivity contribution in [3.8, 4) is 34.5 Å². The van der Waals surface area contributed by atoms with E-state index in [9.17, 15) is 9.59 Å². The van der Waals surface area contributed by atoms with Gasteiger partial charge in [0, 0.05) is 11.1 Å². The summed E-state index contributed by atoms with van der Waals surface area (Å²) in [5.41, 5.74) is 1.48. The van der Waals surface area contributed by atoms with E-state index in [1.54, 1.807) is 37.3 Å². The first kappa shape index (κ1) is 22.5. The number of ketones is 1. The number of nitrogens with one attached hydrogen (secondary N) is 1. The van der Waals surface area contributed by atoms with Crippen molar-refractivity contribution in [1.29, 1.82) is 0 Å². The number of benzene rings is 2. The predicted octanol–water partition coefficient (Wildman–Crippen LogP) is 3.46. The maximum Gasteiger partial charge on any atom is 0.277 e. The van der Waals surface area contributed by atoms with Crippen molar-refractivity contribution < 1.29 is 33.0 Å². The van der Waals surface area contributed by atoms with Crippen LogP contribution in [0.4, 0.5) is 5.69 Å². The van der Waals surface area contributed by atoms with Crippen molar-refractivity contribution in [1.82, 2.24) is 10.2 Å². The van der Waals surface area contributed by atoms with Gasteiger partial charge in [0.05, 0.1) is 32.3 Å². The van der Waals surface area contributed by atoms with Crippen LogP contribution in [0.3, 0.4) is 0 Å². The van der Waals surface area contributed by atoms with Crippen LogP contribution in [-0.2, 0) is 4.79 Å². The van der Waals surface area contributed by atoms with Gasteiger partial charge in [0.15, 0.2) is 23.9 Å². The van der Waals surface area contributed by atoms with Gasteiger partial charge in [-0.3, -0.25) is 9.59 Å². The zero-order valence-corrected chi connectivity index (χ0v) is 19.1. The van der Waals surface area contributed by atoms with Gasteiger partial charge < -0.3 is 28.7 Å².